The third-order valence-corrected chi connectivity index (χ3v) is 3.86. The molecule has 1 aromatic rings. The number of amides is 1. The number of halogens is 1. The second-order valence-corrected chi connectivity index (χ2v) is 5.92. The molecule has 4 nitrogen and oxygen atoms in total. The number of ether oxygens (including phenoxy) is 1. The normalized spacial score (nSPS) is 17.1. The molecule has 2 unspecified atom stereocenters. The Hall–Kier alpha value is -1.26. The molecule has 5 heteroatoms. The third-order valence-electron chi connectivity index (χ3n) is 3.56. The highest BCUT2D eigenvalue weighted by Crippen LogP contribution is 2.29. The van der Waals surface area contributed by atoms with Crippen molar-refractivity contribution in [1.29, 1.82) is 0 Å². The first-order valence-electron chi connectivity index (χ1n) is 7.51. The van der Waals surface area contributed by atoms with E-state index in [4.69, 9.17) is 16.3 Å². The van der Waals surface area contributed by atoms with Crippen LogP contribution in [-0.4, -0.2) is 24.6 Å². The van der Waals surface area contributed by atoms with Crippen LogP contribution in [-0.2, 0) is 4.79 Å². The quantitative estimate of drug-likeness (QED) is 0.814. The predicted molar refractivity (Wildman–Crippen MR) is 84.8 cm³/mol. The molecule has 1 amide bonds. The van der Waals surface area contributed by atoms with Crippen molar-refractivity contribution in [2.45, 2.75) is 51.8 Å². The number of nitrogens with one attached hydrogen (secondary N) is 2. The van der Waals surface area contributed by atoms with E-state index in [0.717, 1.165) is 24.9 Å². The molecule has 0 saturated heterocycles. The monoisotopic (exact) mass is 310 g/mol. The van der Waals surface area contributed by atoms with Gasteiger partial charge in [0.15, 0.2) is 6.10 Å². The summed E-state index contributed by atoms with van der Waals surface area (Å²) in [6.45, 7) is 6.79. The highest BCUT2D eigenvalue weighted by atomic mass is 35.5. The Labute approximate surface area is 131 Å². The number of rotatable bonds is 7. The molecule has 2 N–H and O–H groups in total. The van der Waals surface area contributed by atoms with Crippen LogP contribution < -0.4 is 15.4 Å². The molecule has 1 aliphatic carbocycles. The van der Waals surface area contributed by atoms with Gasteiger partial charge in [0.1, 0.15) is 5.75 Å². The molecular formula is C16H23ClN2O2. The maximum absolute atomic E-state index is 11.9. The lowest BCUT2D eigenvalue weighted by molar-refractivity contribution is -0.127. The molecule has 21 heavy (non-hydrogen) atoms. The number of carbonyl (C=O) groups is 1. The summed E-state index contributed by atoms with van der Waals surface area (Å²) < 4.78 is 5.67. The summed E-state index contributed by atoms with van der Waals surface area (Å²) in [4.78, 5) is 11.9. The van der Waals surface area contributed by atoms with Gasteiger partial charge in [-0.1, -0.05) is 24.6 Å². The Balaban J connectivity index is 1.97. The van der Waals surface area contributed by atoms with Crippen LogP contribution in [0.3, 0.4) is 0 Å². The zero-order valence-electron chi connectivity index (χ0n) is 12.8. The minimum atomic E-state index is -0.542. The van der Waals surface area contributed by atoms with Crippen molar-refractivity contribution in [3.8, 4) is 5.75 Å². The fourth-order valence-electron chi connectivity index (χ4n) is 2.10. The predicted octanol–water partition coefficient (Wildman–Crippen LogP) is 3.06. The molecule has 1 aliphatic rings. The summed E-state index contributed by atoms with van der Waals surface area (Å²) in [5.74, 6) is 0.459. The minimum Gasteiger partial charge on any atom is -0.479 e. The van der Waals surface area contributed by atoms with Crippen molar-refractivity contribution in [2.75, 3.05) is 6.54 Å². The maximum atomic E-state index is 11.9. The summed E-state index contributed by atoms with van der Waals surface area (Å²) >= 11 is 6.26. The van der Waals surface area contributed by atoms with Gasteiger partial charge < -0.3 is 15.4 Å². The smallest absolute Gasteiger partial charge is 0.260 e. The number of hydrogen-bond acceptors (Lipinski definition) is 3. The summed E-state index contributed by atoms with van der Waals surface area (Å²) in [6, 6.07) is 6.25. The molecule has 0 radical (unpaired) electrons. The number of carbonyl (C=O) groups excluding carboxylic acids is 1. The topological polar surface area (TPSA) is 50.4 Å². The van der Waals surface area contributed by atoms with Crippen molar-refractivity contribution < 1.29 is 9.53 Å². The van der Waals surface area contributed by atoms with Gasteiger partial charge >= 0.3 is 0 Å². The Morgan fingerprint density at radius 3 is 2.71 bits per heavy atom. The molecule has 1 aromatic carbocycles. The Morgan fingerprint density at radius 1 is 1.43 bits per heavy atom. The zero-order valence-corrected chi connectivity index (χ0v) is 13.5. The molecule has 0 spiro atoms. The van der Waals surface area contributed by atoms with Crippen LogP contribution in [0.4, 0.5) is 0 Å². The summed E-state index contributed by atoms with van der Waals surface area (Å²) in [7, 11) is 0. The van der Waals surface area contributed by atoms with Gasteiger partial charge in [0.05, 0.1) is 5.02 Å². The van der Waals surface area contributed by atoms with Crippen LogP contribution >= 0.6 is 11.6 Å². The van der Waals surface area contributed by atoms with Crippen LogP contribution in [0, 0.1) is 0 Å². The van der Waals surface area contributed by atoms with Crippen molar-refractivity contribution in [1.82, 2.24) is 10.6 Å². The second-order valence-electron chi connectivity index (χ2n) is 5.51. The van der Waals surface area contributed by atoms with Crippen molar-refractivity contribution in [2.24, 2.45) is 0 Å². The fraction of sp³-hybridized carbons (Fsp3) is 0.562. The lowest BCUT2D eigenvalue weighted by atomic mass is 10.1. The van der Waals surface area contributed by atoms with E-state index >= 15 is 0 Å². The molecule has 0 aromatic heterocycles. The van der Waals surface area contributed by atoms with E-state index in [2.05, 4.69) is 24.5 Å². The first-order valence-corrected chi connectivity index (χ1v) is 7.89. The number of hydrogen-bond donors (Lipinski definition) is 2. The molecule has 2 atom stereocenters. The minimum absolute atomic E-state index is 0.0846. The maximum Gasteiger partial charge on any atom is 0.260 e. The van der Waals surface area contributed by atoms with Crippen LogP contribution in [0.5, 0.6) is 5.75 Å². The van der Waals surface area contributed by atoms with E-state index in [0.29, 0.717) is 16.8 Å². The van der Waals surface area contributed by atoms with E-state index < -0.39 is 6.10 Å². The molecule has 116 valence electrons. The van der Waals surface area contributed by atoms with Crippen molar-refractivity contribution in [3.63, 3.8) is 0 Å². The van der Waals surface area contributed by atoms with Crippen LogP contribution in [0.15, 0.2) is 18.2 Å². The average Bonchev–Trinajstić information content (AvgIpc) is 3.25. The molecule has 0 aliphatic heterocycles. The van der Waals surface area contributed by atoms with Crippen LogP contribution in [0.1, 0.15) is 45.2 Å². The van der Waals surface area contributed by atoms with E-state index in [1.54, 1.807) is 6.92 Å². The Morgan fingerprint density at radius 2 is 2.14 bits per heavy atom. The fourth-order valence-corrected chi connectivity index (χ4v) is 2.33. The van der Waals surface area contributed by atoms with E-state index in [1.807, 2.05) is 18.2 Å². The Bertz CT molecular complexity index is 503. The lowest BCUT2D eigenvalue weighted by Crippen LogP contribution is -2.37. The van der Waals surface area contributed by atoms with Gasteiger partial charge in [-0.15, -0.1) is 0 Å². The summed E-state index contributed by atoms with van der Waals surface area (Å²) in [6.07, 6.45) is 1.59. The van der Waals surface area contributed by atoms with Crippen LogP contribution in [0.2, 0.25) is 5.02 Å². The Kier molecular flexibility index (Phi) is 5.48. The largest absolute Gasteiger partial charge is 0.479 e. The van der Waals surface area contributed by atoms with E-state index in [-0.39, 0.29) is 11.9 Å². The molecule has 2 rings (SSSR count). The third kappa shape index (κ3) is 4.61. The molecule has 0 heterocycles. The van der Waals surface area contributed by atoms with Gasteiger partial charge in [0, 0.05) is 12.1 Å². The number of benzene rings is 1. The van der Waals surface area contributed by atoms with E-state index in [9.17, 15) is 4.79 Å². The van der Waals surface area contributed by atoms with Gasteiger partial charge in [-0.2, -0.15) is 0 Å². The summed E-state index contributed by atoms with van der Waals surface area (Å²) in [5, 5.41) is 6.79. The first kappa shape index (κ1) is 16.1. The summed E-state index contributed by atoms with van der Waals surface area (Å²) in [5.41, 5.74) is 1.10. The molecule has 0 bridgehead atoms. The lowest BCUT2D eigenvalue weighted by Gasteiger charge is -2.17. The second kappa shape index (κ2) is 7.14. The van der Waals surface area contributed by atoms with Gasteiger partial charge in [-0.25, -0.2) is 0 Å². The van der Waals surface area contributed by atoms with Gasteiger partial charge in [0.25, 0.3) is 5.91 Å². The van der Waals surface area contributed by atoms with Crippen molar-refractivity contribution in [3.05, 3.63) is 28.8 Å². The average molecular weight is 311 g/mol. The van der Waals surface area contributed by atoms with Crippen molar-refractivity contribution >= 4 is 17.5 Å². The van der Waals surface area contributed by atoms with Gasteiger partial charge in [0.2, 0.25) is 0 Å². The molecule has 1 fully saturated rings. The van der Waals surface area contributed by atoms with Gasteiger partial charge in [-0.05, 0) is 50.9 Å². The molecule has 1 saturated carbocycles. The standard InChI is InChI=1S/C16H23ClN2O2/c1-4-18-10(2)12-5-8-15(14(17)9-12)21-11(3)16(20)19-13-6-7-13/h5,8-11,13,18H,4,6-7H2,1-3H3,(H,19,20). The van der Waals surface area contributed by atoms with Crippen LogP contribution in [0.25, 0.3) is 0 Å². The van der Waals surface area contributed by atoms with Gasteiger partial charge in [-0.3, -0.25) is 4.79 Å². The zero-order chi connectivity index (χ0) is 15.4. The highest BCUT2D eigenvalue weighted by Gasteiger charge is 2.26. The SMILES string of the molecule is CCNC(C)c1ccc(OC(C)C(=O)NC2CC2)c(Cl)c1. The highest BCUT2D eigenvalue weighted by molar-refractivity contribution is 6.32. The first-order chi connectivity index (χ1) is 10.0. The molecular weight excluding hydrogens is 288 g/mol. The van der Waals surface area contributed by atoms with E-state index in [1.165, 1.54) is 0 Å².